The predicted octanol–water partition coefficient (Wildman–Crippen LogP) is 1.27. The lowest BCUT2D eigenvalue weighted by molar-refractivity contribution is -0.384. The fraction of sp³-hybridized carbons (Fsp3) is 0.333. The number of nitrogens with one attached hydrogen (secondary N) is 1. The third kappa shape index (κ3) is 2.91. The molecule has 1 saturated heterocycles. The molecule has 20 heavy (non-hydrogen) atoms. The van der Waals surface area contributed by atoms with Crippen LogP contribution in [0.2, 0.25) is 0 Å². The molecular formula is C12H12N2O6. The van der Waals surface area contributed by atoms with E-state index in [2.05, 4.69) is 5.32 Å². The molecule has 1 fully saturated rings. The van der Waals surface area contributed by atoms with Gasteiger partial charge in [0.05, 0.1) is 28.7 Å². The number of carboxylic acids is 1. The highest BCUT2D eigenvalue weighted by atomic mass is 16.6. The van der Waals surface area contributed by atoms with Crippen LogP contribution in [0.3, 0.4) is 0 Å². The number of nitrogens with zero attached hydrogens (tertiary/aromatic N) is 1. The number of benzene rings is 1. The van der Waals surface area contributed by atoms with Gasteiger partial charge in [0.2, 0.25) is 5.91 Å². The Labute approximate surface area is 113 Å². The molecule has 0 bridgehead atoms. The summed E-state index contributed by atoms with van der Waals surface area (Å²) < 4.78 is 5.08. The van der Waals surface area contributed by atoms with Crippen molar-refractivity contribution in [1.29, 1.82) is 0 Å². The number of carboxylic acid groups (broad SMARTS) is 1. The summed E-state index contributed by atoms with van der Waals surface area (Å²) >= 11 is 0. The molecule has 0 aliphatic carbocycles. The molecule has 106 valence electrons. The van der Waals surface area contributed by atoms with E-state index in [1.807, 2.05) is 0 Å². The van der Waals surface area contributed by atoms with Crippen molar-refractivity contribution < 1.29 is 24.4 Å². The first-order chi connectivity index (χ1) is 9.49. The first-order valence-corrected chi connectivity index (χ1v) is 5.89. The number of carbonyl (C=O) groups is 2. The lowest BCUT2D eigenvalue weighted by Gasteiger charge is -2.11. The van der Waals surface area contributed by atoms with Crippen molar-refractivity contribution in [3.8, 4) is 0 Å². The monoisotopic (exact) mass is 280 g/mol. The number of aromatic carboxylic acids is 1. The summed E-state index contributed by atoms with van der Waals surface area (Å²) in [5, 5.41) is 22.2. The Morgan fingerprint density at radius 2 is 2.20 bits per heavy atom. The molecule has 8 heteroatoms. The molecule has 2 rings (SSSR count). The average Bonchev–Trinajstić information content (AvgIpc) is 2.92. The average molecular weight is 280 g/mol. The minimum atomic E-state index is -1.34. The van der Waals surface area contributed by atoms with E-state index in [-0.39, 0.29) is 28.8 Å². The van der Waals surface area contributed by atoms with E-state index >= 15 is 0 Å². The molecule has 1 unspecified atom stereocenters. The highest BCUT2D eigenvalue weighted by Gasteiger charge is 2.25. The minimum absolute atomic E-state index is 0.0417. The number of ether oxygens (including phenoxy) is 1. The fourth-order valence-electron chi connectivity index (χ4n) is 1.91. The van der Waals surface area contributed by atoms with Gasteiger partial charge >= 0.3 is 5.97 Å². The highest BCUT2D eigenvalue weighted by molar-refractivity contribution is 6.01. The number of hydrogen-bond donors (Lipinski definition) is 2. The Bertz CT molecular complexity index is 565. The molecule has 1 atom stereocenters. The van der Waals surface area contributed by atoms with Crippen molar-refractivity contribution in [3.05, 3.63) is 33.9 Å². The summed E-state index contributed by atoms with van der Waals surface area (Å²) in [6.45, 7) is 0.783. The van der Waals surface area contributed by atoms with Crippen LogP contribution in [0.4, 0.5) is 11.4 Å². The van der Waals surface area contributed by atoms with Crippen LogP contribution < -0.4 is 5.32 Å². The standard InChI is InChI=1S/C12H12N2O6/c15-11(7-3-4-20-6-7)13-10-2-1-8(14(18)19)5-9(10)12(16)17/h1-2,5,7H,3-4,6H2,(H,13,15)(H,16,17). The van der Waals surface area contributed by atoms with Gasteiger partial charge in [-0.05, 0) is 12.5 Å². The van der Waals surface area contributed by atoms with Gasteiger partial charge in [-0.25, -0.2) is 4.79 Å². The zero-order valence-electron chi connectivity index (χ0n) is 10.4. The first-order valence-electron chi connectivity index (χ1n) is 5.89. The highest BCUT2D eigenvalue weighted by Crippen LogP contribution is 2.24. The number of nitro groups is 1. The Kier molecular flexibility index (Phi) is 3.94. The van der Waals surface area contributed by atoms with E-state index in [1.54, 1.807) is 0 Å². The molecule has 8 nitrogen and oxygen atoms in total. The number of non-ortho nitro benzene ring substituents is 1. The Balaban J connectivity index is 2.24. The molecule has 2 N–H and O–H groups in total. The van der Waals surface area contributed by atoms with Crippen LogP contribution in [0, 0.1) is 16.0 Å². The van der Waals surface area contributed by atoms with Gasteiger partial charge in [0.1, 0.15) is 0 Å². The smallest absolute Gasteiger partial charge is 0.338 e. The van der Waals surface area contributed by atoms with Gasteiger partial charge < -0.3 is 15.2 Å². The number of hydrogen-bond acceptors (Lipinski definition) is 5. The van der Waals surface area contributed by atoms with E-state index < -0.39 is 10.9 Å². The number of carbonyl (C=O) groups excluding carboxylic acids is 1. The Morgan fingerprint density at radius 1 is 1.45 bits per heavy atom. The summed E-state index contributed by atoms with van der Waals surface area (Å²) in [6, 6.07) is 3.28. The van der Waals surface area contributed by atoms with Gasteiger partial charge in [0, 0.05) is 18.7 Å². The Hall–Kier alpha value is -2.48. The van der Waals surface area contributed by atoms with Crippen LogP contribution >= 0.6 is 0 Å². The van der Waals surface area contributed by atoms with Gasteiger partial charge in [0.15, 0.2) is 0 Å². The zero-order chi connectivity index (χ0) is 14.7. The largest absolute Gasteiger partial charge is 0.478 e. The van der Waals surface area contributed by atoms with Gasteiger partial charge in [-0.1, -0.05) is 0 Å². The second-order valence-electron chi connectivity index (χ2n) is 4.34. The topological polar surface area (TPSA) is 119 Å². The predicted molar refractivity (Wildman–Crippen MR) is 67.6 cm³/mol. The van der Waals surface area contributed by atoms with E-state index in [0.29, 0.717) is 19.6 Å². The molecular weight excluding hydrogens is 268 g/mol. The minimum Gasteiger partial charge on any atom is -0.478 e. The molecule has 0 spiro atoms. The van der Waals surface area contributed by atoms with Crippen molar-refractivity contribution in [1.82, 2.24) is 0 Å². The normalized spacial score (nSPS) is 17.7. The molecule has 1 aliphatic heterocycles. The van der Waals surface area contributed by atoms with E-state index in [0.717, 1.165) is 12.1 Å². The van der Waals surface area contributed by atoms with E-state index in [9.17, 15) is 19.7 Å². The van der Waals surface area contributed by atoms with Crippen LogP contribution in [-0.4, -0.2) is 35.1 Å². The lowest BCUT2D eigenvalue weighted by atomic mass is 10.1. The van der Waals surface area contributed by atoms with Gasteiger partial charge in [-0.3, -0.25) is 14.9 Å². The number of nitro benzene ring substituents is 1. The quantitative estimate of drug-likeness (QED) is 0.633. The van der Waals surface area contributed by atoms with Crippen LogP contribution in [0.5, 0.6) is 0 Å². The molecule has 1 aromatic rings. The van der Waals surface area contributed by atoms with Crippen LogP contribution in [-0.2, 0) is 9.53 Å². The zero-order valence-corrected chi connectivity index (χ0v) is 10.4. The molecule has 1 amide bonds. The van der Waals surface area contributed by atoms with Crippen LogP contribution in [0.15, 0.2) is 18.2 Å². The summed E-state index contributed by atoms with van der Waals surface area (Å²) in [5.74, 6) is -2.02. The number of anilines is 1. The first kappa shape index (κ1) is 13.9. The summed E-state index contributed by atoms with van der Waals surface area (Å²) in [5.41, 5.74) is -0.615. The maximum atomic E-state index is 11.9. The SMILES string of the molecule is O=C(O)c1cc([N+](=O)[O-])ccc1NC(=O)C1CCOC1. The van der Waals surface area contributed by atoms with Crippen molar-refractivity contribution in [3.63, 3.8) is 0 Å². The van der Waals surface area contributed by atoms with Gasteiger partial charge in [-0.15, -0.1) is 0 Å². The second-order valence-corrected chi connectivity index (χ2v) is 4.34. The number of amides is 1. The summed E-state index contributed by atoms with van der Waals surface area (Å²) in [4.78, 5) is 32.9. The van der Waals surface area contributed by atoms with E-state index in [1.165, 1.54) is 6.07 Å². The maximum absolute atomic E-state index is 11.9. The molecule has 1 aromatic carbocycles. The van der Waals surface area contributed by atoms with Crippen molar-refractivity contribution in [2.45, 2.75) is 6.42 Å². The molecule has 0 aromatic heterocycles. The Morgan fingerprint density at radius 3 is 2.75 bits per heavy atom. The van der Waals surface area contributed by atoms with E-state index in [4.69, 9.17) is 9.84 Å². The summed E-state index contributed by atoms with van der Waals surface area (Å²) in [6.07, 6.45) is 0.571. The number of rotatable bonds is 4. The van der Waals surface area contributed by atoms with Crippen LogP contribution in [0.25, 0.3) is 0 Å². The molecule has 1 heterocycles. The lowest BCUT2D eigenvalue weighted by Crippen LogP contribution is -2.24. The van der Waals surface area contributed by atoms with Crippen molar-refractivity contribution in [2.75, 3.05) is 18.5 Å². The fourth-order valence-corrected chi connectivity index (χ4v) is 1.91. The summed E-state index contributed by atoms with van der Waals surface area (Å²) in [7, 11) is 0. The van der Waals surface area contributed by atoms with Gasteiger partial charge in [-0.2, -0.15) is 0 Å². The van der Waals surface area contributed by atoms with Crippen molar-refractivity contribution in [2.24, 2.45) is 5.92 Å². The maximum Gasteiger partial charge on any atom is 0.338 e. The van der Waals surface area contributed by atoms with Crippen LogP contribution in [0.1, 0.15) is 16.8 Å². The van der Waals surface area contributed by atoms with Gasteiger partial charge in [0.25, 0.3) is 5.69 Å². The third-order valence-electron chi connectivity index (χ3n) is 3.00. The van der Waals surface area contributed by atoms with Crippen molar-refractivity contribution >= 4 is 23.3 Å². The molecule has 1 aliphatic rings. The molecule has 0 radical (unpaired) electrons. The molecule has 0 saturated carbocycles. The second kappa shape index (κ2) is 5.66. The third-order valence-corrected chi connectivity index (χ3v) is 3.00.